The Bertz CT molecular complexity index is 530. The minimum atomic E-state index is 0.0918. The van der Waals surface area contributed by atoms with Crippen LogP contribution in [-0.2, 0) is 6.54 Å². The molecule has 0 bridgehead atoms. The molecule has 2 aliphatic heterocycles. The molecule has 4 nitrogen and oxygen atoms in total. The molecule has 2 aliphatic rings. The van der Waals surface area contributed by atoms with Crippen LogP contribution in [0, 0.1) is 0 Å². The van der Waals surface area contributed by atoms with Crippen molar-refractivity contribution in [2.45, 2.75) is 25.4 Å². The van der Waals surface area contributed by atoms with Gasteiger partial charge < -0.3 is 10.2 Å². The van der Waals surface area contributed by atoms with Gasteiger partial charge in [-0.05, 0) is 30.5 Å². The molecule has 0 radical (unpaired) electrons. The number of hydrogen-bond acceptors (Lipinski definition) is 2. The molecule has 21 heavy (non-hydrogen) atoms. The molecule has 1 N–H and O–H groups in total. The maximum atomic E-state index is 11.7. The number of carbonyl (C=O) groups is 1. The van der Waals surface area contributed by atoms with Gasteiger partial charge in [0.1, 0.15) is 0 Å². The Morgan fingerprint density at radius 3 is 2.57 bits per heavy atom. The van der Waals surface area contributed by atoms with Crippen molar-refractivity contribution in [1.29, 1.82) is 0 Å². The van der Waals surface area contributed by atoms with Crippen LogP contribution in [0.4, 0.5) is 4.79 Å². The van der Waals surface area contributed by atoms with Crippen LogP contribution in [0.1, 0.15) is 18.4 Å². The Morgan fingerprint density at radius 1 is 1.19 bits per heavy atom. The first-order valence-electron chi connectivity index (χ1n) is 7.34. The molecule has 0 unspecified atom stereocenters. The van der Waals surface area contributed by atoms with Crippen molar-refractivity contribution >= 4 is 29.2 Å². The molecular weight excluding hydrogens is 309 g/mol. The van der Waals surface area contributed by atoms with Gasteiger partial charge in [0.05, 0.1) is 0 Å². The normalized spacial score (nSPS) is 20.9. The summed E-state index contributed by atoms with van der Waals surface area (Å²) in [7, 11) is 0. The molecule has 2 saturated heterocycles. The molecule has 1 aromatic carbocycles. The summed E-state index contributed by atoms with van der Waals surface area (Å²) in [5, 5.41) is 4.27. The third-order valence-electron chi connectivity index (χ3n) is 4.30. The van der Waals surface area contributed by atoms with Crippen molar-refractivity contribution < 1.29 is 4.79 Å². The van der Waals surface area contributed by atoms with Gasteiger partial charge in [-0.2, -0.15) is 0 Å². The number of benzene rings is 1. The van der Waals surface area contributed by atoms with E-state index in [1.165, 1.54) is 0 Å². The third-order valence-corrected chi connectivity index (χ3v) is 4.88. The van der Waals surface area contributed by atoms with E-state index in [1.807, 2.05) is 17.0 Å². The van der Waals surface area contributed by atoms with Crippen molar-refractivity contribution in [1.82, 2.24) is 15.1 Å². The summed E-state index contributed by atoms with van der Waals surface area (Å²) >= 11 is 12.2. The molecule has 0 aliphatic carbocycles. The van der Waals surface area contributed by atoms with Crippen LogP contribution in [0.2, 0.25) is 10.0 Å². The number of urea groups is 1. The van der Waals surface area contributed by atoms with Gasteiger partial charge in [0.2, 0.25) is 0 Å². The van der Waals surface area contributed by atoms with E-state index in [2.05, 4.69) is 10.2 Å². The zero-order valence-corrected chi connectivity index (χ0v) is 13.3. The van der Waals surface area contributed by atoms with Crippen molar-refractivity contribution in [2.75, 3.05) is 26.2 Å². The molecule has 0 saturated carbocycles. The van der Waals surface area contributed by atoms with Gasteiger partial charge in [0.25, 0.3) is 0 Å². The fourth-order valence-corrected chi connectivity index (χ4v) is 3.58. The summed E-state index contributed by atoms with van der Waals surface area (Å²) in [6.07, 6.45) is 2.05. The first-order valence-corrected chi connectivity index (χ1v) is 8.10. The fraction of sp³-hybridized carbons (Fsp3) is 0.533. The van der Waals surface area contributed by atoms with E-state index in [-0.39, 0.29) is 6.03 Å². The van der Waals surface area contributed by atoms with Gasteiger partial charge >= 0.3 is 6.03 Å². The van der Waals surface area contributed by atoms with Crippen LogP contribution in [0.25, 0.3) is 0 Å². The number of piperidine rings is 1. The van der Waals surface area contributed by atoms with Gasteiger partial charge in [-0.1, -0.05) is 29.3 Å². The minimum Gasteiger partial charge on any atom is -0.336 e. The number of likely N-dealkylation sites (tertiary alicyclic amines) is 1. The Labute approximate surface area is 135 Å². The molecule has 2 heterocycles. The maximum Gasteiger partial charge on any atom is 0.317 e. The Kier molecular flexibility index (Phi) is 4.57. The molecule has 2 fully saturated rings. The van der Waals surface area contributed by atoms with Crippen molar-refractivity contribution in [3.8, 4) is 0 Å². The summed E-state index contributed by atoms with van der Waals surface area (Å²) in [6.45, 7) is 4.45. The van der Waals surface area contributed by atoms with Gasteiger partial charge in [-0.3, -0.25) is 4.90 Å². The van der Waals surface area contributed by atoms with E-state index >= 15 is 0 Å². The average Bonchev–Trinajstić information content (AvgIpc) is 2.89. The lowest BCUT2D eigenvalue weighted by Crippen LogP contribution is -2.45. The predicted octanol–water partition coefficient (Wildman–Crippen LogP) is 2.98. The van der Waals surface area contributed by atoms with Crippen molar-refractivity contribution in [3.63, 3.8) is 0 Å². The van der Waals surface area contributed by atoms with Gasteiger partial charge in [-0.25, -0.2) is 4.79 Å². The number of nitrogens with one attached hydrogen (secondary N) is 1. The maximum absolute atomic E-state index is 11.7. The average molecular weight is 328 g/mol. The van der Waals surface area contributed by atoms with E-state index in [0.717, 1.165) is 56.2 Å². The molecule has 3 rings (SSSR count). The van der Waals surface area contributed by atoms with Crippen LogP contribution >= 0.6 is 23.2 Å². The molecule has 114 valence electrons. The number of halogens is 2. The lowest BCUT2D eigenvalue weighted by atomic mass is 10.0. The highest BCUT2D eigenvalue weighted by molar-refractivity contribution is 6.35. The zero-order valence-electron chi connectivity index (χ0n) is 11.8. The molecule has 1 aromatic rings. The largest absolute Gasteiger partial charge is 0.336 e. The summed E-state index contributed by atoms with van der Waals surface area (Å²) in [4.78, 5) is 16.1. The monoisotopic (exact) mass is 327 g/mol. The zero-order chi connectivity index (χ0) is 14.8. The van der Waals surface area contributed by atoms with Crippen molar-refractivity contribution in [3.05, 3.63) is 33.8 Å². The first kappa shape index (κ1) is 14.9. The smallest absolute Gasteiger partial charge is 0.317 e. The lowest BCUT2D eigenvalue weighted by Gasteiger charge is -2.36. The number of nitrogens with zero attached hydrogens (tertiary/aromatic N) is 2. The Hall–Kier alpha value is -0.970. The topological polar surface area (TPSA) is 35.6 Å². The van der Waals surface area contributed by atoms with Crippen molar-refractivity contribution in [2.24, 2.45) is 0 Å². The molecular formula is C15H19Cl2N3O. The van der Waals surface area contributed by atoms with E-state index < -0.39 is 0 Å². The number of amides is 2. The van der Waals surface area contributed by atoms with Gasteiger partial charge in [-0.15, -0.1) is 0 Å². The second kappa shape index (κ2) is 6.42. The van der Waals surface area contributed by atoms with Crippen LogP contribution in [0.5, 0.6) is 0 Å². The van der Waals surface area contributed by atoms with E-state index in [0.29, 0.717) is 11.1 Å². The van der Waals surface area contributed by atoms with Crippen LogP contribution in [-0.4, -0.2) is 48.1 Å². The third kappa shape index (κ3) is 3.44. The molecule has 2 amide bonds. The number of carbonyl (C=O) groups excluding carboxylic acids is 1. The SMILES string of the molecule is O=C1NCCN1C1CCN(Cc2ccc(Cl)cc2Cl)CC1. The minimum absolute atomic E-state index is 0.0918. The molecule has 0 aromatic heterocycles. The number of rotatable bonds is 3. The van der Waals surface area contributed by atoms with Crippen LogP contribution < -0.4 is 5.32 Å². The Balaban J connectivity index is 1.55. The summed E-state index contributed by atoms with van der Waals surface area (Å²) in [6, 6.07) is 6.13. The Morgan fingerprint density at radius 2 is 1.95 bits per heavy atom. The second-order valence-corrected chi connectivity index (χ2v) is 6.51. The number of hydrogen-bond donors (Lipinski definition) is 1. The summed E-state index contributed by atoms with van der Waals surface area (Å²) < 4.78 is 0. The lowest BCUT2D eigenvalue weighted by molar-refractivity contribution is 0.132. The molecule has 6 heteroatoms. The standard InChI is InChI=1S/C15H19Cl2N3O/c16-12-2-1-11(14(17)9-12)10-19-6-3-13(4-7-19)20-8-5-18-15(20)21/h1-2,9,13H,3-8,10H2,(H,18,21). The highest BCUT2D eigenvalue weighted by atomic mass is 35.5. The van der Waals surface area contributed by atoms with Gasteiger partial charge in [0.15, 0.2) is 0 Å². The second-order valence-electron chi connectivity index (χ2n) is 5.67. The first-order chi connectivity index (χ1) is 10.1. The highest BCUT2D eigenvalue weighted by Gasteiger charge is 2.30. The molecule has 0 atom stereocenters. The van der Waals surface area contributed by atoms with E-state index in [1.54, 1.807) is 6.07 Å². The summed E-state index contributed by atoms with van der Waals surface area (Å²) in [5.74, 6) is 0. The predicted molar refractivity (Wildman–Crippen MR) is 84.9 cm³/mol. The van der Waals surface area contributed by atoms with Crippen LogP contribution in [0.15, 0.2) is 18.2 Å². The molecule has 0 spiro atoms. The quantitative estimate of drug-likeness (QED) is 0.926. The highest BCUT2D eigenvalue weighted by Crippen LogP contribution is 2.25. The van der Waals surface area contributed by atoms with E-state index in [9.17, 15) is 4.79 Å². The van der Waals surface area contributed by atoms with Gasteiger partial charge in [0, 0.05) is 48.8 Å². The fourth-order valence-electron chi connectivity index (χ4n) is 3.11. The van der Waals surface area contributed by atoms with E-state index in [4.69, 9.17) is 23.2 Å². The van der Waals surface area contributed by atoms with Crippen LogP contribution in [0.3, 0.4) is 0 Å². The summed E-state index contributed by atoms with van der Waals surface area (Å²) in [5.41, 5.74) is 1.11.